The van der Waals surface area contributed by atoms with E-state index in [4.69, 9.17) is 4.74 Å². The molecule has 2 aliphatic heterocycles. The highest BCUT2D eigenvalue weighted by atomic mass is 32.2. The summed E-state index contributed by atoms with van der Waals surface area (Å²) in [4.78, 5) is 15.7. The van der Waals surface area contributed by atoms with Gasteiger partial charge in [0.25, 0.3) is 0 Å². The Bertz CT molecular complexity index is 714. The number of carbonyl (C=O) groups excluding carboxylic acids is 1. The van der Waals surface area contributed by atoms with Gasteiger partial charge < -0.3 is 9.64 Å². The molecule has 2 aliphatic rings. The van der Waals surface area contributed by atoms with Crippen LogP contribution in [0.15, 0.2) is 23.1 Å². The average molecular weight is 353 g/mol. The molecule has 1 fully saturated rings. The van der Waals surface area contributed by atoms with Gasteiger partial charge in [-0.05, 0) is 30.2 Å². The van der Waals surface area contributed by atoms with Crippen LogP contribution in [0.5, 0.6) is 0 Å². The van der Waals surface area contributed by atoms with E-state index in [1.165, 1.54) is 0 Å². The van der Waals surface area contributed by atoms with Crippen molar-refractivity contribution in [3.05, 3.63) is 23.8 Å². The van der Waals surface area contributed by atoms with E-state index in [9.17, 15) is 13.2 Å². The van der Waals surface area contributed by atoms with Crippen molar-refractivity contribution in [2.45, 2.75) is 17.7 Å². The fourth-order valence-electron chi connectivity index (χ4n) is 3.05. The lowest BCUT2D eigenvalue weighted by atomic mass is 10.0. The van der Waals surface area contributed by atoms with Crippen LogP contribution in [0.4, 0.5) is 5.69 Å². The standard InChI is InChI=1S/C16H23N3O4S/c1-18-15-4-3-14(12-13(15)2-5-16(18)20)24(21,22)17-6-7-19-8-10-23-11-9-19/h3-4,12,17H,2,5-11H2,1H3. The van der Waals surface area contributed by atoms with Gasteiger partial charge in [-0.25, -0.2) is 13.1 Å². The lowest BCUT2D eigenvalue weighted by Crippen LogP contribution is -2.41. The van der Waals surface area contributed by atoms with E-state index >= 15 is 0 Å². The van der Waals surface area contributed by atoms with E-state index in [0.717, 1.165) is 24.3 Å². The van der Waals surface area contributed by atoms with Crippen molar-refractivity contribution in [3.63, 3.8) is 0 Å². The highest BCUT2D eigenvalue weighted by Gasteiger charge is 2.23. The number of benzene rings is 1. The van der Waals surface area contributed by atoms with Gasteiger partial charge in [0.1, 0.15) is 0 Å². The zero-order valence-corrected chi connectivity index (χ0v) is 14.6. The number of nitrogens with one attached hydrogen (secondary N) is 1. The number of ether oxygens (including phenoxy) is 1. The molecule has 0 bridgehead atoms. The number of fused-ring (bicyclic) bond motifs is 1. The second-order valence-corrected chi connectivity index (χ2v) is 7.86. The van der Waals surface area contributed by atoms with Gasteiger partial charge in [-0.15, -0.1) is 0 Å². The van der Waals surface area contributed by atoms with Gasteiger partial charge in [-0.3, -0.25) is 9.69 Å². The van der Waals surface area contributed by atoms with Crippen molar-refractivity contribution in [2.75, 3.05) is 51.3 Å². The number of amides is 1. The van der Waals surface area contributed by atoms with E-state index in [1.54, 1.807) is 30.1 Å². The Morgan fingerprint density at radius 3 is 2.71 bits per heavy atom. The number of rotatable bonds is 5. The number of morpholine rings is 1. The second-order valence-electron chi connectivity index (χ2n) is 6.10. The Kier molecular flexibility index (Phi) is 5.19. The highest BCUT2D eigenvalue weighted by molar-refractivity contribution is 7.89. The van der Waals surface area contributed by atoms with Gasteiger partial charge in [0.2, 0.25) is 15.9 Å². The Balaban J connectivity index is 1.65. The molecule has 7 nitrogen and oxygen atoms in total. The van der Waals surface area contributed by atoms with Crippen LogP contribution < -0.4 is 9.62 Å². The van der Waals surface area contributed by atoms with Gasteiger partial charge in [0.05, 0.1) is 18.1 Å². The number of hydrogen-bond acceptors (Lipinski definition) is 5. The minimum Gasteiger partial charge on any atom is -0.379 e. The summed E-state index contributed by atoms with van der Waals surface area (Å²) in [6.07, 6.45) is 0.993. The van der Waals surface area contributed by atoms with Crippen LogP contribution in [0.2, 0.25) is 0 Å². The monoisotopic (exact) mass is 353 g/mol. The number of nitrogens with zero attached hydrogens (tertiary/aromatic N) is 2. The van der Waals surface area contributed by atoms with Crippen LogP contribution in [0.1, 0.15) is 12.0 Å². The lowest BCUT2D eigenvalue weighted by molar-refractivity contribution is -0.118. The fraction of sp³-hybridized carbons (Fsp3) is 0.562. The van der Waals surface area contributed by atoms with Crippen LogP contribution >= 0.6 is 0 Å². The largest absolute Gasteiger partial charge is 0.379 e. The van der Waals surface area contributed by atoms with Gasteiger partial charge in [0, 0.05) is 45.3 Å². The normalized spacial score (nSPS) is 19.4. The highest BCUT2D eigenvalue weighted by Crippen LogP contribution is 2.28. The minimum atomic E-state index is -3.54. The van der Waals surface area contributed by atoms with Crippen molar-refractivity contribution < 1.29 is 17.9 Å². The summed E-state index contributed by atoms with van der Waals surface area (Å²) < 4.78 is 32.9. The van der Waals surface area contributed by atoms with Crippen LogP contribution in [-0.2, 0) is 26.0 Å². The summed E-state index contributed by atoms with van der Waals surface area (Å²) in [6, 6.07) is 4.95. The summed E-state index contributed by atoms with van der Waals surface area (Å²) in [6.45, 7) is 4.11. The summed E-state index contributed by atoms with van der Waals surface area (Å²) in [5, 5.41) is 0. The number of carbonyl (C=O) groups is 1. The van der Waals surface area contributed by atoms with E-state index in [1.807, 2.05) is 0 Å². The van der Waals surface area contributed by atoms with E-state index in [0.29, 0.717) is 39.1 Å². The Morgan fingerprint density at radius 2 is 1.96 bits per heavy atom. The van der Waals surface area contributed by atoms with Gasteiger partial charge in [-0.1, -0.05) is 0 Å². The molecule has 24 heavy (non-hydrogen) atoms. The van der Waals surface area contributed by atoms with Crippen molar-refractivity contribution in [2.24, 2.45) is 0 Å². The third-order valence-electron chi connectivity index (χ3n) is 4.53. The van der Waals surface area contributed by atoms with Crippen molar-refractivity contribution >= 4 is 21.6 Å². The number of sulfonamides is 1. The topological polar surface area (TPSA) is 79.0 Å². The molecular weight excluding hydrogens is 330 g/mol. The maximum Gasteiger partial charge on any atom is 0.240 e. The van der Waals surface area contributed by atoms with Crippen molar-refractivity contribution in [3.8, 4) is 0 Å². The van der Waals surface area contributed by atoms with Crippen LogP contribution in [0, 0.1) is 0 Å². The van der Waals surface area contributed by atoms with Crippen LogP contribution in [0.3, 0.4) is 0 Å². The summed E-state index contributed by atoms with van der Waals surface area (Å²) >= 11 is 0. The van der Waals surface area contributed by atoms with Gasteiger partial charge in [-0.2, -0.15) is 0 Å². The molecule has 1 saturated heterocycles. The minimum absolute atomic E-state index is 0.0572. The predicted octanol–water partition coefficient (Wildman–Crippen LogP) is 0.206. The van der Waals surface area contributed by atoms with Crippen molar-refractivity contribution in [1.82, 2.24) is 9.62 Å². The number of hydrogen-bond donors (Lipinski definition) is 1. The zero-order chi connectivity index (χ0) is 17.2. The summed E-state index contributed by atoms with van der Waals surface area (Å²) in [7, 11) is -1.82. The van der Waals surface area contributed by atoms with Gasteiger partial charge >= 0.3 is 0 Å². The molecule has 0 aromatic heterocycles. The SMILES string of the molecule is CN1C(=O)CCc2cc(S(=O)(=O)NCCN3CCOCC3)ccc21. The number of anilines is 1. The van der Waals surface area contributed by atoms with E-state index < -0.39 is 10.0 Å². The molecule has 0 saturated carbocycles. The van der Waals surface area contributed by atoms with Crippen molar-refractivity contribution in [1.29, 1.82) is 0 Å². The molecule has 8 heteroatoms. The average Bonchev–Trinajstić information content (AvgIpc) is 2.59. The maximum atomic E-state index is 12.5. The molecule has 132 valence electrons. The van der Waals surface area contributed by atoms with Gasteiger partial charge in [0.15, 0.2) is 0 Å². The third kappa shape index (κ3) is 3.77. The smallest absolute Gasteiger partial charge is 0.240 e. The molecule has 0 unspecified atom stereocenters. The Labute approximate surface area is 142 Å². The molecule has 1 amide bonds. The fourth-order valence-corrected chi connectivity index (χ4v) is 4.12. The Morgan fingerprint density at radius 1 is 1.21 bits per heavy atom. The first-order valence-electron chi connectivity index (χ1n) is 8.16. The molecule has 1 aromatic carbocycles. The first kappa shape index (κ1) is 17.3. The summed E-state index contributed by atoms with van der Waals surface area (Å²) in [5.41, 5.74) is 1.69. The molecule has 0 atom stereocenters. The molecule has 1 aromatic rings. The van der Waals surface area contributed by atoms with Crippen LogP contribution in [0.25, 0.3) is 0 Å². The molecular formula is C16H23N3O4S. The quantitative estimate of drug-likeness (QED) is 0.818. The van der Waals surface area contributed by atoms with Crippen LogP contribution in [-0.4, -0.2) is 65.7 Å². The Hall–Kier alpha value is -1.48. The van der Waals surface area contributed by atoms with E-state index in [-0.39, 0.29) is 10.8 Å². The molecule has 0 radical (unpaired) electrons. The maximum absolute atomic E-state index is 12.5. The molecule has 3 rings (SSSR count). The first-order chi connectivity index (χ1) is 11.5. The number of aryl methyl sites for hydroxylation is 1. The molecule has 0 aliphatic carbocycles. The zero-order valence-electron chi connectivity index (χ0n) is 13.8. The predicted molar refractivity (Wildman–Crippen MR) is 90.6 cm³/mol. The summed E-state index contributed by atoms with van der Waals surface area (Å²) in [5.74, 6) is 0.0572. The first-order valence-corrected chi connectivity index (χ1v) is 9.65. The molecule has 0 spiro atoms. The van der Waals surface area contributed by atoms with E-state index in [2.05, 4.69) is 9.62 Å². The lowest BCUT2D eigenvalue weighted by Gasteiger charge is -2.27. The second kappa shape index (κ2) is 7.18. The molecule has 2 heterocycles. The third-order valence-corrected chi connectivity index (χ3v) is 5.99. The molecule has 1 N–H and O–H groups in total.